The summed E-state index contributed by atoms with van der Waals surface area (Å²) >= 11 is 1.72. The number of hydrogen-bond donors (Lipinski definition) is 1. The second-order valence-electron chi connectivity index (χ2n) is 7.92. The molecule has 2 aromatic rings. The van der Waals surface area contributed by atoms with Crippen LogP contribution >= 0.6 is 11.8 Å². The van der Waals surface area contributed by atoms with Gasteiger partial charge < -0.3 is 4.57 Å². The predicted molar refractivity (Wildman–Crippen MR) is 123 cm³/mol. The van der Waals surface area contributed by atoms with Crippen molar-refractivity contribution >= 4 is 22.9 Å². The molecule has 0 atom stereocenters. The van der Waals surface area contributed by atoms with E-state index in [4.69, 9.17) is 0 Å². The Morgan fingerprint density at radius 1 is 0.862 bits per heavy atom. The molecule has 0 saturated carbocycles. The Morgan fingerprint density at radius 3 is 2.10 bits per heavy atom. The van der Waals surface area contributed by atoms with Gasteiger partial charge in [-0.25, -0.2) is 9.78 Å². The van der Waals surface area contributed by atoms with Gasteiger partial charge in [0.15, 0.2) is 16.3 Å². The molecular formula is C22H38N4O2S. The Balaban J connectivity index is 2.04. The summed E-state index contributed by atoms with van der Waals surface area (Å²) in [7, 11) is 1.67. The topological polar surface area (TPSA) is 72.7 Å². The molecule has 7 heteroatoms. The van der Waals surface area contributed by atoms with Crippen LogP contribution < -0.4 is 11.2 Å². The van der Waals surface area contributed by atoms with Crippen molar-refractivity contribution in [2.24, 2.45) is 7.05 Å². The molecule has 0 amide bonds. The highest BCUT2D eigenvalue weighted by molar-refractivity contribution is 7.99. The summed E-state index contributed by atoms with van der Waals surface area (Å²) in [6, 6.07) is 0. The molecule has 0 unspecified atom stereocenters. The summed E-state index contributed by atoms with van der Waals surface area (Å²) in [6.45, 7) is 5.23. The molecule has 0 bridgehead atoms. The molecule has 0 spiro atoms. The summed E-state index contributed by atoms with van der Waals surface area (Å²) in [5.41, 5.74) is 0.296. The lowest BCUT2D eigenvalue weighted by Gasteiger charge is -2.08. The largest absolute Gasteiger partial charge is 0.329 e. The molecule has 29 heavy (non-hydrogen) atoms. The van der Waals surface area contributed by atoms with Crippen molar-refractivity contribution in [3.63, 3.8) is 0 Å². The van der Waals surface area contributed by atoms with Crippen LogP contribution in [0.5, 0.6) is 0 Å². The SMILES string of the molecule is CCCCCCCCCSc1nc2c(c(=O)[nH]c(=O)n2C)n1CCCCCCC. The first-order valence-corrected chi connectivity index (χ1v) is 12.4. The number of nitrogens with zero attached hydrogens (tertiary/aromatic N) is 3. The molecule has 0 aliphatic heterocycles. The zero-order chi connectivity index (χ0) is 21.1. The Bertz CT molecular complexity index is 853. The van der Waals surface area contributed by atoms with Gasteiger partial charge in [0.2, 0.25) is 0 Å². The van der Waals surface area contributed by atoms with Gasteiger partial charge in [-0.15, -0.1) is 0 Å². The predicted octanol–water partition coefficient (Wildman–Crippen LogP) is 5.24. The molecule has 2 aromatic heterocycles. The number of imidazole rings is 1. The van der Waals surface area contributed by atoms with E-state index in [1.54, 1.807) is 18.8 Å². The molecule has 6 nitrogen and oxygen atoms in total. The number of aromatic amines is 1. The first kappa shape index (κ1) is 23.8. The fraction of sp³-hybridized carbons (Fsp3) is 0.773. The van der Waals surface area contributed by atoms with Gasteiger partial charge in [0.05, 0.1) is 0 Å². The fourth-order valence-corrected chi connectivity index (χ4v) is 4.65. The monoisotopic (exact) mass is 422 g/mol. The first-order chi connectivity index (χ1) is 14.1. The number of H-pyrrole nitrogens is 1. The van der Waals surface area contributed by atoms with Crippen LogP contribution in [0, 0.1) is 0 Å². The van der Waals surface area contributed by atoms with Crippen molar-refractivity contribution in [1.29, 1.82) is 0 Å². The molecule has 0 saturated heterocycles. The molecule has 1 N–H and O–H groups in total. The van der Waals surface area contributed by atoms with Crippen LogP contribution in [0.1, 0.15) is 90.9 Å². The minimum atomic E-state index is -0.404. The third-order valence-corrected chi connectivity index (χ3v) is 6.50. The van der Waals surface area contributed by atoms with E-state index >= 15 is 0 Å². The van der Waals surface area contributed by atoms with Crippen LogP contribution in [0.25, 0.3) is 11.2 Å². The van der Waals surface area contributed by atoms with Gasteiger partial charge in [-0.3, -0.25) is 14.3 Å². The summed E-state index contributed by atoms with van der Waals surface area (Å²) in [5, 5.41) is 0.869. The van der Waals surface area contributed by atoms with E-state index in [1.165, 1.54) is 62.4 Å². The molecular weight excluding hydrogens is 384 g/mol. The Hall–Kier alpha value is -1.50. The third kappa shape index (κ3) is 7.05. The van der Waals surface area contributed by atoms with E-state index in [-0.39, 0.29) is 5.56 Å². The summed E-state index contributed by atoms with van der Waals surface area (Å²) in [5.74, 6) is 0.999. The minimum absolute atomic E-state index is 0.327. The standard InChI is InChI=1S/C22H38N4O2S/c1-4-6-8-10-11-13-15-17-29-22-23-19-18(20(27)24-21(28)25(19)3)26(22)16-14-12-9-7-5-2/h4-17H2,1-3H3,(H,24,27,28). The number of hydrogen-bond acceptors (Lipinski definition) is 4. The van der Waals surface area contributed by atoms with Gasteiger partial charge in [0.25, 0.3) is 5.56 Å². The van der Waals surface area contributed by atoms with Crippen molar-refractivity contribution < 1.29 is 0 Å². The normalized spacial score (nSPS) is 11.6. The number of unbranched alkanes of at least 4 members (excludes halogenated alkanes) is 10. The summed E-state index contributed by atoms with van der Waals surface area (Å²) < 4.78 is 3.48. The fourth-order valence-electron chi connectivity index (χ4n) is 3.63. The second kappa shape index (κ2) is 12.9. The lowest BCUT2D eigenvalue weighted by Crippen LogP contribution is -2.29. The number of rotatable bonds is 15. The van der Waals surface area contributed by atoms with Crippen LogP contribution in [0.3, 0.4) is 0 Å². The highest BCUT2D eigenvalue weighted by Gasteiger charge is 2.17. The molecule has 0 radical (unpaired) electrons. The maximum Gasteiger partial charge on any atom is 0.329 e. The van der Waals surface area contributed by atoms with Crippen LogP contribution in [0.2, 0.25) is 0 Å². The first-order valence-electron chi connectivity index (χ1n) is 11.4. The molecule has 0 aliphatic carbocycles. The smallest absolute Gasteiger partial charge is 0.313 e. The molecule has 164 valence electrons. The Morgan fingerprint density at radius 2 is 1.45 bits per heavy atom. The van der Waals surface area contributed by atoms with E-state index in [0.29, 0.717) is 11.2 Å². The highest BCUT2D eigenvalue weighted by atomic mass is 32.2. The van der Waals surface area contributed by atoms with Gasteiger partial charge in [-0.05, 0) is 12.8 Å². The van der Waals surface area contributed by atoms with Gasteiger partial charge in [0, 0.05) is 19.3 Å². The third-order valence-electron chi connectivity index (χ3n) is 5.44. The molecule has 2 heterocycles. The quantitative estimate of drug-likeness (QED) is 0.315. The second-order valence-corrected chi connectivity index (χ2v) is 8.98. The number of aryl methyl sites for hydroxylation is 2. The van der Waals surface area contributed by atoms with E-state index < -0.39 is 5.69 Å². The van der Waals surface area contributed by atoms with Crippen molar-refractivity contribution in [2.75, 3.05) is 5.75 Å². The van der Waals surface area contributed by atoms with Gasteiger partial charge >= 0.3 is 5.69 Å². The zero-order valence-corrected chi connectivity index (χ0v) is 19.3. The van der Waals surface area contributed by atoms with Crippen molar-refractivity contribution in [2.45, 2.75) is 103 Å². The lowest BCUT2D eigenvalue weighted by atomic mass is 10.1. The van der Waals surface area contributed by atoms with E-state index in [9.17, 15) is 9.59 Å². The Labute approximate surface area is 178 Å². The van der Waals surface area contributed by atoms with Crippen LogP contribution in [0.15, 0.2) is 14.7 Å². The molecule has 0 aromatic carbocycles. The van der Waals surface area contributed by atoms with Crippen LogP contribution in [-0.4, -0.2) is 24.9 Å². The van der Waals surface area contributed by atoms with E-state index in [1.807, 2.05) is 4.57 Å². The molecule has 2 rings (SSSR count). The maximum atomic E-state index is 12.5. The van der Waals surface area contributed by atoms with Crippen LogP contribution in [-0.2, 0) is 13.6 Å². The molecule has 0 fully saturated rings. The number of aromatic nitrogens is 4. The summed E-state index contributed by atoms with van der Waals surface area (Å²) in [6.07, 6.45) is 14.9. The van der Waals surface area contributed by atoms with Crippen LogP contribution in [0.4, 0.5) is 0 Å². The van der Waals surface area contributed by atoms with Gasteiger partial charge in [-0.2, -0.15) is 0 Å². The highest BCUT2D eigenvalue weighted by Crippen LogP contribution is 2.24. The Kier molecular flexibility index (Phi) is 10.6. The lowest BCUT2D eigenvalue weighted by molar-refractivity contribution is 0.551. The average molecular weight is 423 g/mol. The van der Waals surface area contributed by atoms with Crippen molar-refractivity contribution in [1.82, 2.24) is 19.1 Å². The average Bonchev–Trinajstić information content (AvgIpc) is 3.07. The number of nitrogens with one attached hydrogen (secondary N) is 1. The number of thioether (sulfide) groups is 1. The maximum absolute atomic E-state index is 12.5. The van der Waals surface area contributed by atoms with Gasteiger partial charge in [-0.1, -0.05) is 89.8 Å². The summed E-state index contributed by atoms with van der Waals surface area (Å²) in [4.78, 5) is 31.6. The zero-order valence-electron chi connectivity index (χ0n) is 18.5. The van der Waals surface area contributed by atoms with E-state index in [0.717, 1.165) is 36.7 Å². The van der Waals surface area contributed by atoms with E-state index in [2.05, 4.69) is 23.8 Å². The van der Waals surface area contributed by atoms with Crippen molar-refractivity contribution in [3.05, 3.63) is 20.8 Å². The molecule has 0 aliphatic rings. The minimum Gasteiger partial charge on any atom is -0.313 e. The van der Waals surface area contributed by atoms with Crippen molar-refractivity contribution in [3.8, 4) is 0 Å². The van der Waals surface area contributed by atoms with Gasteiger partial charge in [0.1, 0.15) is 0 Å². The number of fused-ring (bicyclic) bond motifs is 1.